The van der Waals surface area contributed by atoms with E-state index in [9.17, 15) is 0 Å². The average Bonchev–Trinajstić information content (AvgIpc) is 2.63. The highest BCUT2D eigenvalue weighted by Gasteiger charge is 2.03. The molecule has 0 fully saturated rings. The van der Waals surface area contributed by atoms with Gasteiger partial charge in [-0.1, -0.05) is 139 Å². The molecule has 1 atom stereocenters. The third-order valence-electron chi connectivity index (χ3n) is 4.99. The van der Waals surface area contributed by atoms with Crippen molar-refractivity contribution in [3.05, 3.63) is 0 Å². The monoisotopic (exact) mass is 433 g/mol. The standard InChI is InChI=1S/C22H45Br.C2H7N/c1-3-5-7-9-11-13-15-17-19-21-22(23)20-18-16-14-12-10-8-6-4-2;1-3-2/h22H,3-21H2,1-2H3;3H,1-2H3. The van der Waals surface area contributed by atoms with E-state index in [4.69, 9.17) is 0 Å². The lowest BCUT2D eigenvalue weighted by Crippen LogP contribution is -1.97. The summed E-state index contributed by atoms with van der Waals surface area (Å²) >= 11 is 3.89. The molecule has 0 radical (unpaired) electrons. The number of nitrogens with one attached hydrogen (secondary N) is 1. The Bertz CT molecular complexity index is 220. The molecule has 0 aliphatic carbocycles. The van der Waals surface area contributed by atoms with Crippen molar-refractivity contribution in [3.63, 3.8) is 0 Å². The third-order valence-corrected chi connectivity index (χ3v) is 5.91. The molecular formula is C24H52BrN. The Balaban J connectivity index is 0. The van der Waals surface area contributed by atoms with Crippen molar-refractivity contribution in [2.75, 3.05) is 14.1 Å². The molecule has 0 bridgehead atoms. The zero-order chi connectivity index (χ0) is 19.7. The molecule has 0 spiro atoms. The van der Waals surface area contributed by atoms with Gasteiger partial charge in [-0.2, -0.15) is 0 Å². The Labute approximate surface area is 176 Å². The van der Waals surface area contributed by atoms with Crippen LogP contribution in [0, 0.1) is 0 Å². The molecule has 1 unspecified atom stereocenters. The predicted octanol–water partition coefficient (Wildman–Crippen LogP) is 9.04. The Morgan fingerprint density at radius 1 is 0.500 bits per heavy atom. The van der Waals surface area contributed by atoms with Crippen molar-refractivity contribution in [2.45, 2.75) is 141 Å². The lowest BCUT2D eigenvalue weighted by Gasteiger charge is -2.09. The van der Waals surface area contributed by atoms with Gasteiger partial charge >= 0.3 is 0 Å². The fourth-order valence-electron chi connectivity index (χ4n) is 3.32. The van der Waals surface area contributed by atoms with Crippen LogP contribution in [0.5, 0.6) is 0 Å². The van der Waals surface area contributed by atoms with Gasteiger partial charge < -0.3 is 5.32 Å². The van der Waals surface area contributed by atoms with Gasteiger partial charge in [0.1, 0.15) is 0 Å². The normalized spacial score (nSPS) is 11.9. The Morgan fingerprint density at radius 3 is 1.00 bits per heavy atom. The van der Waals surface area contributed by atoms with Crippen molar-refractivity contribution in [2.24, 2.45) is 0 Å². The summed E-state index contributed by atoms with van der Waals surface area (Å²) in [6.45, 7) is 4.59. The maximum atomic E-state index is 3.89. The molecule has 0 amide bonds. The molecule has 0 heterocycles. The molecule has 26 heavy (non-hydrogen) atoms. The summed E-state index contributed by atoms with van der Waals surface area (Å²) in [5.41, 5.74) is 0. The van der Waals surface area contributed by atoms with Crippen LogP contribution in [0.15, 0.2) is 0 Å². The molecule has 0 saturated heterocycles. The second-order valence-electron chi connectivity index (χ2n) is 7.98. The van der Waals surface area contributed by atoms with Gasteiger partial charge in [0.05, 0.1) is 0 Å². The third kappa shape index (κ3) is 29.2. The summed E-state index contributed by atoms with van der Waals surface area (Å²) in [7, 11) is 3.75. The van der Waals surface area contributed by atoms with Crippen molar-refractivity contribution < 1.29 is 0 Å². The van der Waals surface area contributed by atoms with Crippen LogP contribution in [-0.4, -0.2) is 18.9 Å². The first-order valence-electron chi connectivity index (χ1n) is 11.9. The van der Waals surface area contributed by atoms with E-state index in [-0.39, 0.29) is 0 Å². The van der Waals surface area contributed by atoms with E-state index in [1.807, 2.05) is 14.1 Å². The first-order valence-corrected chi connectivity index (χ1v) is 12.9. The minimum atomic E-state index is 0.784. The number of hydrogen-bond acceptors (Lipinski definition) is 1. The van der Waals surface area contributed by atoms with Crippen LogP contribution in [0.2, 0.25) is 0 Å². The van der Waals surface area contributed by atoms with Gasteiger partial charge in [0.25, 0.3) is 0 Å². The van der Waals surface area contributed by atoms with E-state index >= 15 is 0 Å². The zero-order valence-electron chi connectivity index (χ0n) is 18.9. The largest absolute Gasteiger partial charge is 0.323 e. The van der Waals surface area contributed by atoms with E-state index < -0.39 is 0 Å². The Morgan fingerprint density at radius 2 is 0.731 bits per heavy atom. The van der Waals surface area contributed by atoms with Crippen molar-refractivity contribution in [1.82, 2.24) is 5.32 Å². The van der Waals surface area contributed by atoms with Gasteiger partial charge in [-0.05, 0) is 26.9 Å². The Kier molecular flexibility index (Phi) is 30.5. The molecular weight excluding hydrogens is 382 g/mol. The molecule has 0 aromatic heterocycles. The van der Waals surface area contributed by atoms with Crippen molar-refractivity contribution in [3.8, 4) is 0 Å². The fourth-order valence-corrected chi connectivity index (χ4v) is 3.97. The number of halogens is 1. The van der Waals surface area contributed by atoms with Crippen LogP contribution in [0.1, 0.15) is 136 Å². The summed E-state index contributed by atoms with van der Waals surface area (Å²) in [5, 5.41) is 2.75. The second kappa shape index (κ2) is 27.7. The lowest BCUT2D eigenvalue weighted by molar-refractivity contribution is 0.531. The van der Waals surface area contributed by atoms with Crippen molar-refractivity contribution >= 4 is 15.9 Å². The summed E-state index contributed by atoms with van der Waals surface area (Å²) in [6, 6.07) is 0. The summed E-state index contributed by atoms with van der Waals surface area (Å²) in [6.07, 6.45) is 27.3. The van der Waals surface area contributed by atoms with Crippen molar-refractivity contribution in [1.29, 1.82) is 0 Å². The van der Waals surface area contributed by atoms with E-state index in [1.54, 1.807) is 0 Å². The molecule has 0 aliphatic rings. The van der Waals surface area contributed by atoms with E-state index in [0.29, 0.717) is 0 Å². The molecule has 0 aromatic rings. The van der Waals surface area contributed by atoms with Crippen LogP contribution in [0.25, 0.3) is 0 Å². The van der Waals surface area contributed by atoms with Gasteiger partial charge in [0.2, 0.25) is 0 Å². The average molecular weight is 435 g/mol. The first-order chi connectivity index (χ1) is 12.7. The van der Waals surface area contributed by atoms with Crippen LogP contribution >= 0.6 is 15.9 Å². The highest BCUT2D eigenvalue weighted by atomic mass is 79.9. The smallest absolute Gasteiger partial charge is 0.0145 e. The Hall–Kier alpha value is 0.440. The van der Waals surface area contributed by atoms with E-state index in [2.05, 4.69) is 35.1 Å². The van der Waals surface area contributed by atoms with Crippen LogP contribution < -0.4 is 5.32 Å². The zero-order valence-corrected chi connectivity index (χ0v) is 20.5. The molecule has 0 saturated carbocycles. The molecule has 2 heteroatoms. The van der Waals surface area contributed by atoms with Gasteiger partial charge in [-0.3, -0.25) is 0 Å². The molecule has 1 nitrogen and oxygen atoms in total. The van der Waals surface area contributed by atoms with E-state index in [0.717, 1.165) is 4.83 Å². The number of alkyl halides is 1. The lowest BCUT2D eigenvalue weighted by atomic mass is 10.0. The molecule has 0 rings (SSSR count). The number of unbranched alkanes of at least 4 members (excludes halogenated alkanes) is 15. The topological polar surface area (TPSA) is 12.0 Å². The summed E-state index contributed by atoms with van der Waals surface area (Å²) < 4.78 is 0. The highest BCUT2D eigenvalue weighted by Crippen LogP contribution is 2.19. The van der Waals surface area contributed by atoms with Gasteiger partial charge in [0, 0.05) is 4.83 Å². The summed E-state index contributed by atoms with van der Waals surface area (Å²) in [4.78, 5) is 0.784. The molecule has 0 aliphatic heterocycles. The molecule has 160 valence electrons. The van der Waals surface area contributed by atoms with Crippen LogP contribution in [-0.2, 0) is 0 Å². The number of hydrogen-bond donors (Lipinski definition) is 1. The first kappa shape index (κ1) is 28.6. The quantitative estimate of drug-likeness (QED) is 0.158. The maximum Gasteiger partial charge on any atom is 0.0145 e. The SMILES string of the molecule is CCCCCCCCCCCC(Br)CCCCCCCCCC.CNC. The van der Waals surface area contributed by atoms with Gasteiger partial charge in [-0.15, -0.1) is 0 Å². The van der Waals surface area contributed by atoms with Crippen LogP contribution in [0.4, 0.5) is 0 Å². The highest BCUT2D eigenvalue weighted by molar-refractivity contribution is 9.09. The van der Waals surface area contributed by atoms with Crippen LogP contribution in [0.3, 0.4) is 0 Å². The van der Waals surface area contributed by atoms with E-state index in [1.165, 1.54) is 122 Å². The van der Waals surface area contributed by atoms with Gasteiger partial charge in [0.15, 0.2) is 0 Å². The summed E-state index contributed by atoms with van der Waals surface area (Å²) in [5.74, 6) is 0. The maximum absolute atomic E-state index is 3.89. The van der Waals surface area contributed by atoms with Gasteiger partial charge in [-0.25, -0.2) is 0 Å². The minimum absolute atomic E-state index is 0.784. The fraction of sp³-hybridized carbons (Fsp3) is 1.00. The number of rotatable bonds is 19. The molecule has 0 aromatic carbocycles. The minimum Gasteiger partial charge on any atom is -0.323 e. The predicted molar refractivity (Wildman–Crippen MR) is 127 cm³/mol. The molecule has 1 N–H and O–H groups in total. The second-order valence-corrected chi connectivity index (χ2v) is 9.27.